The molecule has 1 atom stereocenters. The first-order chi connectivity index (χ1) is 13.4. The van der Waals surface area contributed by atoms with Crippen LogP contribution in [-0.2, 0) is 0 Å². The summed E-state index contributed by atoms with van der Waals surface area (Å²) < 4.78 is 5.37. The maximum absolute atomic E-state index is 12.9. The number of ketones is 1. The fourth-order valence-corrected chi connectivity index (χ4v) is 20.6. The second-order valence-electron chi connectivity index (χ2n) is 8.02. The summed E-state index contributed by atoms with van der Waals surface area (Å²) in [6.07, 6.45) is 8.34. The van der Waals surface area contributed by atoms with Gasteiger partial charge in [0.25, 0.3) is 0 Å². The summed E-state index contributed by atoms with van der Waals surface area (Å²) in [5.74, 6) is -0.680. The van der Waals surface area contributed by atoms with Gasteiger partial charge in [-0.25, -0.2) is 0 Å². The minimum atomic E-state index is -2.33. The Bertz CT molecular complexity index is 635. The van der Waals surface area contributed by atoms with Crippen LogP contribution in [0.3, 0.4) is 0 Å². The van der Waals surface area contributed by atoms with E-state index in [-0.39, 0.29) is 5.78 Å². The number of halogens is 2. The molecule has 0 aliphatic carbocycles. The Morgan fingerprint density at radius 1 is 0.964 bits per heavy atom. The van der Waals surface area contributed by atoms with Gasteiger partial charge in [-0.2, -0.15) is 0 Å². The van der Waals surface area contributed by atoms with Crippen LogP contribution in [0.25, 0.3) is 0 Å². The first kappa shape index (κ1) is 25.8. The number of nitrogens with zero attached hydrogens (tertiary/aromatic N) is 1. The summed E-state index contributed by atoms with van der Waals surface area (Å²) in [5.41, 5.74) is 0.498. The van der Waals surface area contributed by atoms with E-state index >= 15 is 0 Å². The zero-order valence-electron chi connectivity index (χ0n) is 17.7. The first-order valence-corrected chi connectivity index (χ1v) is 19.6. The molecule has 0 N–H and O–H groups in total. The van der Waals surface area contributed by atoms with Crippen molar-refractivity contribution < 1.29 is 4.79 Å². The quantitative estimate of drug-likeness (QED) is 0.178. The van der Waals surface area contributed by atoms with Gasteiger partial charge in [-0.05, 0) is 0 Å². The van der Waals surface area contributed by atoms with Crippen molar-refractivity contribution in [2.45, 2.75) is 83.5 Å². The molecule has 2 nitrogen and oxygen atoms in total. The third-order valence-electron chi connectivity index (χ3n) is 5.82. The molecule has 0 radical (unpaired) electrons. The van der Waals surface area contributed by atoms with Gasteiger partial charge in [0.1, 0.15) is 0 Å². The topological polar surface area (TPSA) is 40.9 Å². The molecular formula is C23H35Cl2NOSn. The van der Waals surface area contributed by atoms with Crippen LogP contribution in [0.4, 0.5) is 0 Å². The van der Waals surface area contributed by atoms with Crippen LogP contribution in [0.5, 0.6) is 0 Å². The third-order valence-corrected chi connectivity index (χ3v) is 22.5. The fraction of sp³-hybridized carbons (Fsp3) is 0.652. The van der Waals surface area contributed by atoms with Gasteiger partial charge < -0.3 is 0 Å². The summed E-state index contributed by atoms with van der Waals surface area (Å²) in [6, 6.07) is 7.20. The molecule has 0 fully saturated rings. The van der Waals surface area contributed by atoms with E-state index in [2.05, 4.69) is 26.8 Å². The predicted octanol–water partition coefficient (Wildman–Crippen LogP) is 8.56. The van der Waals surface area contributed by atoms with Crippen molar-refractivity contribution in [1.29, 1.82) is 5.26 Å². The van der Waals surface area contributed by atoms with Gasteiger partial charge in [-0.15, -0.1) is 0 Å². The van der Waals surface area contributed by atoms with Crippen LogP contribution in [0.15, 0.2) is 18.2 Å². The van der Waals surface area contributed by atoms with Gasteiger partial charge in [-0.1, -0.05) is 0 Å². The molecule has 0 saturated heterocycles. The normalized spacial score (nSPS) is 12.6. The Labute approximate surface area is 185 Å². The van der Waals surface area contributed by atoms with Crippen LogP contribution in [0, 0.1) is 17.2 Å². The number of Topliss-reactive ketones (excluding diaryl/α,β-unsaturated/α-hetero) is 1. The number of hydrogen-bond donors (Lipinski definition) is 0. The van der Waals surface area contributed by atoms with Crippen molar-refractivity contribution in [3.8, 4) is 6.07 Å². The Balaban J connectivity index is 2.94. The number of hydrogen-bond acceptors (Lipinski definition) is 2. The molecule has 1 unspecified atom stereocenters. The molecule has 5 heteroatoms. The van der Waals surface area contributed by atoms with Gasteiger partial charge in [-0.3, -0.25) is 0 Å². The van der Waals surface area contributed by atoms with Gasteiger partial charge in [0.05, 0.1) is 0 Å². The first-order valence-electron chi connectivity index (χ1n) is 10.8. The van der Waals surface area contributed by atoms with E-state index in [1.165, 1.54) is 51.8 Å². The Kier molecular flexibility index (Phi) is 12.8. The van der Waals surface area contributed by atoms with Crippen molar-refractivity contribution in [2.24, 2.45) is 5.92 Å². The van der Waals surface area contributed by atoms with Gasteiger partial charge in [0.15, 0.2) is 0 Å². The Hall–Kier alpha value is -0.241. The van der Waals surface area contributed by atoms with Crippen LogP contribution >= 0.6 is 23.2 Å². The van der Waals surface area contributed by atoms with E-state index in [9.17, 15) is 10.1 Å². The van der Waals surface area contributed by atoms with E-state index in [1.54, 1.807) is 18.2 Å². The number of unbranched alkanes of at least 4 members (excludes halogenated alkanes) is 3. The van der Waals surface area contributed by atoms with E-state index in [0.717, 1.165) is 4.44 Å². The SMILES string of the molecule is CCC[CH2][Sn]([CH2]CCC)([CH2]CCC)[CH2]CC(C#N)C(=O)c1ccc(Cl)c(Cl)c1. The molecule has 0 heterocycles. The third kappa shape index (κ3) is 8.25. The van der Waals surface area contributed by atoms with E-state index in [1.807, 2.05) is 0 Å². The molecule has 0 bridgehead atoms. The number of benzene rings is 1. The second kappa shape index (κ2) is 13.9. The van der Waals surface area contributed by atoms with E-state index in [4.69, 9.17) is 23.2 Å². The molecule has 1 aromatic rings. The summed E-state index contributed by atoms with van der Waals surface area (Å²) in [7, 11) is 0. The summed E-state index contributed by atoms with van der Waals surface area (Å²) in [6.45, 7) is 6.80. The Morgan fingerprint density at radius 3 is 1.93 bits per heavy atom. The molecule has 28 heavy (non-hydrogen) atoms. The average Bonchev–Trinajstić information content (AvgIpc) is 2.70. The van der Waals surface area contributed by atoms with Crippen molar-refractivity contribution >= 4 is 47.4 Å². The van der Waals surface area contributed by atoms with Gasteiger partial charge in [0.2, 0.25) is 0 Å². The zero-order chi connectivity index (χ0) is 21.0. The van der Waals surface area contributed by atoms with Gasteiger partial charge in [0, 0.05) is 0 Å². The predicted molar refractivity (Wildman–Crippen MR) is 124 cm³/mol. The number of rotatable bonds is 14. The standard InChI is InChI=1S/C11H8Cl2NO.3C4H9.Sn/c1-2-7(6-14)11(15)8-3-4-9(12)10(13)5-8;3*1-3-4-2;/h3-5,7H,1-2H2;3*1,3-4H2,2H3;. The van der Waals surface area contributed by atoms with Crippen molar-refractivity contribution in [3.63, 3.8) is 0 Å². The van der Waals surface area contributed by atoms with Crippen molar-refractivity contribution in [1.82, 2.24) is 0 Å². The van der Waals surface area contributed by atoms with Gasteiger partial charge >= 0.3 is 187 Å². The van der Waals surface area contributed by atoms with Crippen LogP contribution in [0.2, 0.25) is 27.8 Å². The molecule has 0 amide bonds. The molecule has 1 rings (SSSR count). The molecular weight excluding hydrogens is 496 g/mol. The van der Waals surface area contributed by atoms with Crippen molar-refractivity contribution in [2.75, 3.05) is 0 Å². The Morgan fingerprint density at radius 2 is 1.50 bits per heavy atom. The monoisotopic (exact) mass is 531 g/mol. The number of carbonyl (C=O) groups excluding carboxylic acids is 1. The molecule has 0 aliphatic rings. The van der Waals surface area contributed by atoms with Crippen LogP contribution in [-0.4, -0.2) is 24.2 Å². The molecule has 1 aromatic carbocycles. The summed E-state index contributed by atoms with van der Waals surface area (Å²) in [4.78, 5) is 12.9. The summed E-state index contributed by atoms with van der Waals surface area (Å²) >= 11 is 9.70. The van der Waals surface area contributed by atoms with Crippen LogP contribution in [0.1, 0.15) is 76.1 Å². The zero-order valence-corrected chi connectivity index (χ0v) is 22.1. The summed E-state index contributed by atoms with van der Waals surface area (Å²) in [5, 5.41) is 10.5. The molecule has 0 spiro atoms. The second-order valence-corrected chi connectivity index (χ2v) is 23.1. The number of carbonyl (C=O) groups is 1. The number of nitriles is 1. The molecule has 156 valence electrons. The average molecular weight is 531 g/mol. The molecule has 0 saturated carbocycles. The van der Waals surface area contributed by atoms with E-state index in [0.29, 0.717) is 22.0 Å². The maximum atomic E-state index is 12.9. The molecule has 0 aliphatic heterocycles. The van der Waals surface area contributed by atoms with E-state index < -0.39 is 24.3 Å². The molecule has 0 aromatic heterocycles. The minimum absolute atomic E-state index is 0.109. The van der Waals surface area contributed by atoms with Crippen LogP contribution < -0.4 is 0 Å². The van der Waals surface area contributed by atoms with Crippen molar-refractivity contribution in [3.05, 3.63) is 33.8 Å². The fourth-order valence-electron chi connectivity index (χ4n) is 3.96.